The van der Waals surface area contributed by atoms with Gasteiger partial charge in [-0.3, -0.25) is 4.79 Å². The van der Waals surface area contributed by atoms with Crippen LogP contribution >= 0.6 is 75.0 Å². The van der Waals surface area contributed by atoms with Crippen LogP contribution in [-0.4, -0.2) is 235 Å². The van der Waals surface area contributed by atoms with Crippen molar-refractivity contribution in [1.29, 1.82) is 0 Å². The van der Waals surface area contributed by atoms with Crippen LogP contribution in [0, 0.1) is 5.92 Å². The van der Waals surface area contributed by atoms with Crippen LogP contribution in [0.5, 0.6) is 23.0 Å². The summed E-state index contributed by atoms with van der Waals surface area (Å²) in [6, 6.07) is 52.1. The molecule has 4 fully saturated rings. The number of hydrogen-bond acceptors (Lipinski definition) is 34. The van der Waals surface area contributed by atoms with E-state index in [0.29, 0.717) is 157 Å². The number of anilines is 19. The van der Waals surface area contributed by atoms with Crippen molar-refractivity contribution < 1.29 is 59.9 Å². The fourth-order valence-corrected chi connectivity index (χ4v) is 21.6. The molecule has 764 valence electrons. The van der Waals surface area contributed by atoms with E-state index in [1.54, 1.807) is 163 Å². The van der Waals surface area contributed by atoms with Gasteiger partial charge in [0.25, 0.3) is 0 Å². The maximum atomic E-state index is 13.3. The summed E-state index contributed by atoms with van der Waals surface area (Å²) < 4.78 is 110. The van der Waals surface area contributed by atoms with Gasteiger partial charge in [-0.15, -0.1) is 0 Å². The van der Waals surface area contributed by atoms with Crippen molar-refractivity contribution in [2.45, 2.75) is 55.8 Å². The lowest BCUT2D eigenvalue weighted by Crippen LogP contribution is -2.49. The quantitative estimate of drug-likeness (QED) is 0.0182. The summed E-state index contributed by atoms with van der Waals surface area (Å²) in [5, 5.41) is 29.0. The van der Waals surface area contributed by atoms with Crippen molar-refractivity contribution in [3.8, 4) is 34.4 Å². The molecule has 1 saturated carbocycles. The van der Waals surface area contributed by atoms with Gasteiger partial charge in [0.05, 0.1) is 128 Å². The first-order valence-electron chi connectivity index (χ1n) is 46.5. The van der Waals surface area contributed by atoms with Gasteiger partial charge in [-0.2, -0.15) is 19.9 Å². The number of piperazine rings is 1. The van der Waals surface area contributed by atoms with Gasteiger partial charge in [0, 0.05) is 134 Å². The topological polar surface area (TPSA) is 413 Å². The summed E-state index contributed by atoms with van der Waals surface area (Å²) in [4.78, 5) is 65.2. The number of morpholine rings is 1. The van der Waals surface area contributed by atoms with Gasteiger partial charge in [-0.1, -0.05) is 82.8 Å². The SMILES string of the molecule is COc1cc(N2CCC(OC)CC2)ccc1Nc1ncc(Cl)c(Nc2ccccc2P(C)(C)=O)n1.COc1cc(N2CCN(C(=O)C3CC3)CC2)ccc1Nc1ncc(Cl)c(Nc2ccccc2P(C)(C)=O)n1.COc1cc(P(C)(C)=O)ccc1Nc1ncc(Cl)c(Nc2ccc(N3CCOCC3)cc2S(=O)(=O)C(C)C)n1.COc1cc(P(C)(C)=O)ccc1Nc1ncc(Cl)c(Nc2ccccc2-c2ncccn2)n1. The summed E-state index contributed by atoms with van der Waals surface area (Å²) >= 11 is 25.6. The van der Waals surface area contributed by atoms with E-state index in [4.69, 9.17) is 74.8 Å². The Hall–Kier alpha value is -12.4. The molecule has 13 aromatic rings. The molecular weight excluding hydrogens is 2030 g/mol. The first-order chi connectivity index (χ1) is 69.2. The number of methoxy groups -OCH3 is 5. The first-order valence-corrected chi connectivity index (χ1v) is 60.0. The number of piperidine rings is 1. The Kier molecular flexibility index (Phi) is 36.1. The fraction of sp³-hybridized carbons (Fsp3) is 0.317. The van der Waals surface area contributed by atoms with E-state index >= 15 is 0 Å². The average molecular weight is 2150 g/mol. The van der Waals surface area contributed by atoms with Crippen LogP contribution in [0.15, 0.2) is 212 Å². The van der Waals surface area contributed by atoms with Gasteiger partial charge < -0.3 is 109 Å². The van der Waals surface area contributed by atoms with E-state index in [1.807, 2.05) is 114 Å². The van der Waals surface area contributed by atoms with Gasteiger partial charge in [-0.05, 0) is 214 Å². The zero-order chi connectivity index (χ0) is 104. The van der Waals surface area contributed by atoms with E-state index in [1.165, 1.54) is 31.9 Å². The molecule has 0 atom stereocenters. The van der Waals surface area contributed by atoms with E-state index in [-0.39, 0.29) is 27.6 Å². The van der Waals surface area contributed by atoms with Crippen LogP contribution < -0.4 is 97.4 Å². The van der Waals surface area contributed by atoms with Gasteiger partial charge in [0.2, 0.25) is 29.7 Å². The van der Waals surface area contributed by atoms with Crippen molar-refractivity contribution in [3.05, 3.63) is 227 Å². The molecule has 17 rings (SSSR count). The lowest BCUT2D eigenvalue weighted by molar-refractivity contribution is -0.132. The number of sulfone groups is 1. The maximum absolute atomic E-state index is 13.3. The third kappa shape index (κ3) is 28.5. The second-order valence-electron chi connectivity index (χ2n) is 36.0. The van der Waals surface area contributed by atoms with E-state index in [0.717, 1.165) is 115 Å². The number of nitrogens with zero attached hydrogens (tertiary/aromatic N) is 14. The van der Waals surface area contributed by atoms with Gasteiger partial charge in [0.1, 0.15) is 71.7 Å². The Balaban J connectivity index is 0.000000153. The molecule has 0 unspecified atom stereocenters. The maximum Gasteiger partial charge on any atom is 0.229 e. The van der Waals surface area contributed by atoms with E-state index in [2.05, 4.69) is 113 Å². The van der Waals surface area contributed by atoms with Crippen molar-refractivity contribution in [1.82, 2.24) is 54.7 Å². The smallest absolute Gasteiger partial charge is 0.229 e. The van der Waals surface area contributed by atoms with Crippen molar-refractivity contribution in [3.63, 3.8) is 0 Å². The average Bonchev–Trinajstić information content (AvgIpc) is 1.43. The number of halogens is 4. The number of aromatic nitrogens is 10. The van der Waals surface area contributed by atoms with Crippen molar-refractivity contribution in [2.75, 3.05) is 212 Å². The Bertz CT molecular complexity index is 7120. The van der Waals surface area contributed by atoms with Crippen LogP contribution in [0.25, 0.3) is 11.4 Å². The largest absolute Gasteiger partial charge is 0.495 e. The molecular formula is C101H118Cl4N22O13P4S. The second kappa shape index (κ2) is 48.3. The Labute approximate surface area is 865 Å². The molecule has 145 heavy (non-hydrogen) atoms. The molecule has 8 heterocycles. The summed E-state index contributed by atoms with van der Waals surface area (Å²) in [6.45, 7) is 24.5. The number of ether oxygens (including phenoxy) is 6. The van der Waals surface area contributed by atoms with Crippen LogP contribution in [0.1, 0.15) is 39.5 Å². The molecule has 0 radical (unpaired) electrons. The molecule has 5 aromatic heterocycles. The zero-order valence-electron chi connectivity index (χ0n) is 83.0. The molecule has 3 aliphatic heterocycles. The highest BCUT2D eigenvalue weighted by Crippen LogP contribution is 2.46. The minimum atomic E-state index is -3.65. The molecule has 35 nitrogen and oxygen atoms in total. The molecule has 1 amide bonds. The molecule has 44 heteroatoms. The molecule has 4 aliphatic rings. The van der Waals surface area contributed by atoms with Gasteiger partial charge in [0.15, 0.2) is 38.9 Å². The number of carbonyl (C=O) groups excluding carboxylic acids is 1. The van der Waals surface area contributed by atoms with E-state index < -0.39 is 43.7 Å². The molecule has 3 saturated heterocycles. The summed E-state index contributed by atoms with van der Waals surface area (Å²) in [6.07, 6.45) is 13.7. The predicted molar refractivity (Wildman–Crippen MR) is 589 cm³/mol. The number of amides is 1. The number of benzene rings is 8. The highest BCUT2D eigenvalue weighted by Gasteiger charge is 2.36. The normalized spacial score (nSPS) is 14.1. The Morgan fingerprint density at radius 3 is 1.12 bits per heavy atom. The third-order valence-corrected chi connectivity index (χ3v) is 33.4. The van der Waals surface area contributed by atoms with Crippen LogP contribution in [0.3, 0.4) is 0 Å². The molecule has 1 aliphatic carbocycles. The monoisotopic (exact) mass is 2140 g/mol. The summed E-state index contributed by atoms with van der Waals surface area (Å²) in [5.41, 5.74) is 8.90. The second-order valence-corrected chi connectivity index (χ2v) is 52.9. The molecule has 8 aromatic carbocycles. The molecule has 0 bridgehead atoms. The first kappa shape index (κ1) is 108. The minimum Gasteiger partial charge on any atom is -0.495 e. The summed E-state index contributed by atoms with van der Waals surface area (Å²) in [5.74, 6) is 6.19. The Morgan fingerprint density at radius 2 is 0.738 bits per heavy atom. The number of hydrogen-bond donors (Lipinski definition) is 8. The van der Waals surface area contributed by atoms with Crippen LogP contribution in [-0.2, 0) is 42.4 Å². The number of para-hydroxylation sites is 3. The van der Waals surface area contributed by atoms with Crippen molar-refractivity contribution in [2.24, 2.45) is 5.92 Å². The highest BCUT2D eigenvalue weighted by atomic mass is 35.5. The fourth-order valence-electron chi connectivity index (χ4n) is 15.8. The number of nitrogens with one attached hydrogen (secondary N) is 8. The van der Waals surface area contributed by atoms with E-state index in [9.17, 15) is 31.5 Å². The number of rotatable bonds is 32. The highest BCUT2D eigenvalue weighted by molar-refractivity contribution is 7.92. The molecule has 8 N–H and O–H groups in total. The summed E-state index contributed by atoms with van der Waals surface area (Å²) in [7, 11) is -5.45. The van der Waals surface area contributed by atoms with Crippen molar-refractivity contribution >= 4 is 222 Å². The molecule has 0 spiro atoms. The number of carbonyl (C=O) groups is 1. The lowest BCUT2D eigenvalue weighted by Gasteiger charge is -2.36. The third-order valence-electron chi connectivity index (χ3n) is 24.0. The van der Waals surface area contributed by atoms with Crippen LogP contribution in [0.4, 0.5) is 110 Å². The Morgan fingerprint density at radius 1 is 0.386 bits per heavy atom. The predicted octanol–water partition coefficient (Wildman–Crippen LogP) is 20.6. The zero-order valence-corrected chi connectivity index (χ0v) is 90.5. The van der Waals surface area contributed by atoms with Gasteiger partial charge in [-0.25, -0.2) is 38.3 Å². The van der Waals surface area contributed by atoms with Gasteiger partial charge >= 0.3 is 0 Å². The minimum absolute atomic E-state index is 0.159. The van der Waals surface area contributed by atoms with Crippen LogP contribution in [0.2, 0.25) is 20.1 Å². The lowest BCUT2D eigenvalue weighted by atomic mass is 10.1. The standard InChI is InChI=1S/C27H32ClN6O3P.C26H33ClN5O5PS.C25H31ClN5O3P.C23H22ClN6O2P/c1-37-23-16-19(33-12-14-34(15-13-33)26(35)18-8-9-18)10-11-21(23)31-27-29-17-20(28)25(32-27)30-22-6-4-5-7-24(22)38(2,3)36;1-17(2)39(34,35)24-14-18(32-10-12-37-13-11-32)6-8-22(24)29-25-20(27)16-28-26(31-25)30-21-9-7-19(38(4,5)33)15-23(21)36-3;1-33-18-11-13-31(14-12-18)17-9-10-20(22(15-17)34-2)29-25-27-16-19(26)24(30-25)28-21-7-5-6-8-23(21)35(3,4)32;1-32-20-13-15(33(2,3)31)9-10-19(20)29-23-27-14-17(24)22(30-23)28-18-8-5-4-7-16(18)21-25-11-6-12-26-21/h4-7,10-11,16-18H,8-9,12-15H2,1-3H3,(H2,29,30,31,32);6-9,14-17H,10-13H2,1-5H3,(H2,28,29,30,31);5-10,15-16,18H,11-14H2,1-4H3,(H2,27,28,29,30);4-14H,1-3H3,(H2,27,28,29,30).